The number of carbonyl (C=O) groups excluding carboxylic acids is 1. The summed E-state index contributed by atoms with van der Waals surface area (Å²) in [5, 5.41) is 4.06. The summed E-state index contributed by atoms with van der Waals surface area (Å²) in [7, 11) is 1.49. The van der Waals surface area contributed by atoms with Gasteiger partial charge in [-0.05, 0) is 52.3 Å². The van der Waals surface area contributed by atoms with E-state index < -0.39 is 5.91 Å². The summed E-state index contributed by atoms with van der Waals surface area (Å²) in [6.45, 7) is 3.95. The Morgan fingerprint density at radius 1 is 1.12 bits per heavy atom. The van der Waals surface area contributed by atoms with Gasteiger partial charge in [0.15, 0.2) is 11.5 Å². The zero-order valence-electron chi connectivity index (χ0n) is 18.2. The molecule has 0 bridgehead atoms. The number of ether oxygens (including phenoxy) is 3. The highest BCUT2D eigenvalue weighted by atomic mass is 79.9. The Labute approximate surface area is 213 Å². The molecule has 0 spiro atoms. The van der Waals surface area contributed by atoms with Gasteiger partial charge >= 0.3 is 0 Å². The molecule has 0 atom stereocenters. The standard InChI is InChI=1S/C25H21Br2FN2O4/c1-3-10-33-22-9-8-16(12-23(22)32-2)25(31)30-29-14-18-11-19(26)13-20(27)24(18)34-15-17-6-4-5-7-21(17)28/h3-9,11-14H,1,10,15H2,2H3,(H,30,31)/b29-14+. The average Bonchev–Trinajstić information content (AvgIpc) is 2.82. The molecule has 0 radical (unpaired) electrons. The van der Waals surface area contributed by atoms with E-state index in [0.29, 0.717) is 45.0 Å². The molecule has 0 heterocycles. The Balaban J connectivity index is 1.74. The largest absolute Gasteiger partial charge is 0.493 e. The van der Waals surface area contributed by atoms with Gasteiger partial charge in [0.25, 0.3) is 5.91 Å². The fraction of sp³-hybridized carbons (Fsp3) is 0.120. The molecule has 0 unspecified atom stereocenters. The third-order valence-electron chi connectivity index (χ3n) is 4.52. The highest BCUT2D eigenvalue weighted by molar-refractivity contribution is 9.11. The number of amides is 1. The van der Waals surface area contributed by atoms with E-state index >= 15 is 0 Å². The Morgan fingerprint density at radius 2 is 1.91 bits per heavy atom. The van der Waals surface area contributed by atoms with E-state index in [1.807, 2.05) is 0 Å². The van der Waals surface area contributed by atoms with E-state index in [9.17, 15) is 9.18 Å². The number of rotatable bonds is 10. The summed E-state index contributed by atoms with van der Waals surface area (Å²) in [5.74, 6) is 0.577. The normalized spacial score (nSPS) is 10.7. The summed E-state index contributed by atoms with van der Waals surface area (Å²) in [6.07, 6.45) is 3.06. The molecule has 6 nitrogen and oxygen atoms in total. The van der Waals surface area contributed by atoms with Gasteiger partial charge in [-0.15, -0.1) is 0 Å². The van der Waals surface area contributed by atoms with Crippen LogP contribution in [0.2, 0.25) is 0 Å². The summed E-state index contributed by atoms with van der Waals surface area (Å²) >= 11 is 6.88. The molecule has 0 aliphatic rings. The van der Waals surface area contributed by atoms with Crippen LogP contribution in [0.4, 0.5) is 4.39 Å². The molecule has 3 rings (SSSR count). The van der Waals surface area contributed by atoms with Gasteiger partial charge in [-0.3, -0.25) is 4.79 Å². The minimum Gasteiger partial charge on any atom is -0.493 e. The van der Waals surface area contributed by atoms with Crippen molar-refractivity contribution in [2.45, 2.75) is 6.61 Å². The van der Waals surface area contributed by atoms with Crippen molar-refractivity contribution in [1.29, 1.82) is 0 Å². The second-order valence-electron chi connectivity index (χ2n) is 6.85. The third-order valence-corrected chi connectivity index (χ3v) is 5.57. The number of halogens is 3. The molecule has 34 heavy (non-hydrogen) atoms. The van der Waals surface area contributed by atoms with Crippen LogP contribution in [0.15, 0.2) is 81.3 Å². The Hall–Kier alpha value is -3.17. The van der Waals surface area contributed by atoms with E-state index in [0.717, 1.165) is 4.47 Å². The van der Waals surface area contributed by atoms with Crippen LogP contribution >= 0.6 is 31.9 Å². The van der Waals surface area contributed by atoms with Crippen LogP contribution in [0.25, 0.3) is 0 Å². The number of methoxy groups -OCH3 is 1. The van der Waals surface area contributed by atoms with Gasteiger partial charge in [0, 0.05) is 21.2 Å². The van der Waals surface area contributed by atoms with E-state index in [-0.39, 0.29) is 12.4 Å². The molecule has 0 aromatic heterocycles. The first kappa shape index (κ1) is 25.5. The van der Waals surface area contributed by atoms with Crippen LogP contribution in [-0.2, 0) is 6.61 Å². The highest BCUT2D eigenvalue weighted by Gasteiger charge is 2.13. The molecule has 0 aliphatic heterocycles. The molecule has 1 amide bonds. The average molecular weight is 592 g/mol. The maximum absolute atomic E-state index is 14.0. The van der Waals surface area contributed by atoms with Crippen molar-refractivity contribution in [1.82, 2.24) is 5.43 Å². The summed E-state index contributed by atoms with van der Waals surface area (Å²) < 4.78 is 32.0. The first-order valence-electron chi connectivity index (χ1n) is 10.0. The van der Waals surface area contributed by atoms with Crippen molar-refractivity contribution >= 4 is 44.0 Å². The van der Waals surface area contributed by atoms with Gasteiger partial charge in [-0.25, -0.2) is 9.82 Å². The van der Waals surface area contributed by atoms with E-state index in [4.69, 9.17) is 14.2 Å². The van der Waals surface area contributed by atoms with Gasteiger partial charge in [0.2, 0.25) is 0 Å². The van der Waals surface area contributed by atoms with Crippen molar-refractivity contribution in [3.05, 3.63) is 98.7 Å². The zero-order chi connectivity index (χ0) is 24.5. The maximum atomic E-state index is 14.0. The summed E-state index contributed by atoms with van der Waals surface area (Å²) in [4.78, 5) is 12.6. The Kier molecular flexibility index (Phi) is 9.24. The molecule has 1 N–H and O–H groups in total. The molecule has 0 aliphatic carbocycles. The van der Waals surface area contributed by atoms with Gasteiger partial charge in [-0.1, -0.05) is 46.8 Å². The molecular formula is C25H21Br2FN2O4. The van der Waals surface area contributed by atoms with Gasteiger partial charge in [-0.2, -0.15) is 5.10 Å². The summed E-state index contributed by atoms with van der Waals surface area (Å²) in [5.41, 5.74) is 3.81. The zero-order valence-corrected chi connectivity index (χ0v) is 21.4. The molecule has 3 aromatic rings. The highest BCUT2D eigenvalue weighted by Crippen LogP contribution is 2.33. The Bertz CT molecular complexity index is 1220. The monoisotopic (exact) mass is 590 g/mol. The van der Waals surface area contributed by atoms with Crippen molar-refractivity contribution in [3.63, 3.8) is 0 Å². The SMILES string of the molecule is C=CCOc1ccc(C(=O)N/N=C/c2cc(Br)cc(Br)c2OCc2ccccc2F)cc1OC. The fourth-order valence-electron chi connectivity index (χ4n) is 2.90. The molecule has 9 heteroatoms. The van der Waals surface area contributed by atoms with Crippen molar-refractivity contribution in [3.8, 4) is 17.2 Å². The maximum Gasteiger partial charge on any atom is 0.271 e. The van der Waals surface area contributed by atoms with Crippen molar-refractivity contribution < 1.29 is 23.4 Å². The second-order valence-corrected chi connectivity index (χ2v) is 8.62. The predicted molar refractivity (Wildman–Crippen MR) is 136 cm³/mol. The van der Waals surface area contributed by atoms with Gasteiger partial charge < -0.3 is 14.2 Å². The van der Waals surface area contributed by atoms with Crippen LogP contribution < -0.4 is 19.6 Å². The number of benzene rings is 3. The van der Waals surface area contributed by atoms with E-state index in [1.165, 1.54) is 19.4 Å². The lowest BCUT2D eigenvalue weighted by Crippen LogP contribution is -2.17. The van der Waals surface area contributed by atoms with Crippen LogP contribution in [-0.4, -0.2) is 25.8 Å². The first-order chi connectivity index (χ1) is 16.4. The van der Waals surface area contributed by atoms with E-state index in [1.54, 1.807) is 54.6 Å². The molecular weight excluding hydrogens is 571 g/mol. The Morgan fingerprint density at radius 3 is 2.65 bits per heavy atom. The number of carbonyl (C=O) groups is 1. The quantitative estimate of drug-likeness (QED) is 0.171. The van der Waals surface area contributed by atoms with Gasteiger partial charge in [0.05, 0.1) is 17.8 Å². The number of nitrogens with one attached hydrogen (secondary N) is 1. The van der Waals surface area contributed by atoms with Crippen LogP contribution in [0, 0.1) is 5.82 Å². The third kappa shape index (κ3) is 6.68. The second kappa shape index (κ2) is 12.3. The predicted octanol–water partition coefficient (Wildman–Crippen LogP) is 6.27. The number of hydrogen-bond donors (Lipinski definition) is 1. The lowest BCUT2D eigenvalue weighted by Gasteiger charge is -2.12. The molecule has 0 saturated heterocycles. The summed E-state index contributed by atoms with van der Waals surface area (Å²) in [6, 6.07) is 14.8. The number of nitrogens with zero attached hydrogens (tertiary/aromatic N) is 1. The fourth-order valence-corrected chi connectivity index (χ4v) is 4.27. The molecule has 176 valence electrons. The molecule has 0 fully saturated rings. The minimum atomic E-state index is -0.437. The first-order valence-corrected chi connectivity index (χ1v) is 11.6. The van der Waals surface area contributed by atoms with Crippen molar-refractivity contribution in [2.24, 2.45) is 5.10 Å². The number of hydrogen-bond acceptors (Lipinski definition) is 5. The molecule has 3 aromatic carbocycles. The minimum absolute atomic E-state index is 0.0279. The van der Waals surface area contributed by atoms with Crippen molar-refractivity contribution in [2.75, 3.05) is 13.7 Å². The smallest absolute Gasteiger partial charge is 0.271 e. The lowest BCUT2D eigenvalue weighted by molar-refractivity contribution is 0.0954. The molecule has 0 saturated carbocycles. The topological polar surface area (TPSA) is 69.2 Å². The van der Waals surface area contributed by atoms with Gasteiger partial charge in [0.1, 0.15) is 24.8 Å². The van der Waals surface area contributed by atoms with Crippen LogP contribution in [0.5, 0.6) is 17.2 Å². The van der Waals surface area contributed by atoms with E-state index in [2.05, 4.69) is 49.0 Å². The van der Waals surface area contributed by atoms with Crippen LogP contribution in [0.3, 0.4) is 0 Å². The lowest BCUT2D eigenvalue weighted by atomic mass is 10.2. The number of hydrazone groups is 1. The van der Waals surface area contributed by atoms with Crippen LogP contribution in [0.1, 0.15) is 21.5 Å².